The van der Waals surface area contributed by atoms with Gasteiger partial charge in [-0.3, -0.25) is 9.59 Å². The average Bonchev–Trinajstić information content (AvgIpc) is 2.88. The Hall–Kier alpha value is -1.89. The van der Waals surface area contributed by atoms with Gasteiger partial charge in [0.2, 0.25) is 5.91 Å². The first kappa shape index (κ1) is 16.0. The van der Waals surface area contributed by atoms with Crippen molar-refractivity contribution in [3.8, 4) is 0 Å². The standard InChI is InChI=1S/C16H24N4O3/c1-11(2)20-7-12-6-19(5-4-14(12)23-9-15(20)21)16(22)13-8-18(3)10-17-13/h8,10-12,14H,4-7,9H2,1-3H3/t12-,14+/m1/s1. The van der Waals surface area contributed by atoms with E-state index < -0.39 is 0 Å². The minimum atomic E-state index is -0.0456. The minimum Gasteiger partial charge on any atom is -0.368 e. The van der Waals surface area contributed by atoms with Crippen molar-refractivity contribution in [1.29, 1.82) is 0 Å². The fourth-order valence-electron chi connectivity index (χ4n) is 3.39. The fraction of sp³-hybridized carbons (Fsp3) is 0.688. The molecule has 2 atom stereocenters. The van der Waals surface area contributed by atoms with Gasteiger partial charge in [-0.2, -0.15) is 0 Å². The van der Waals surface area contributed by atoms with Crippen molar-refractivity contribution >= 4 is 11.8 Å². The molecule has 3 heterocycles. The smallest absolute Gasteiger partial charge is 0.274 e. The number of imidazole rings is 1. The molecule has 2 fully saturated rings. The molecule has 0 radical (unpaired) electrons. The topological polar surface area (TPSA) is 67.7 Å². The number of likely N-dealkylation sites (tertiary alicyclic amines) is 1. The first-order valence-corrected chi connectivity index (χ1v) is 8.14. The van der Waals surface area contributed by atoms with Crippen LogP contribution in [0, 0.1) is 5.92 Å². The van der Waals surface area contributed by atoms with Gasteiger partial charge in [-0.25, -0.2) is 4.98 Å². The van der Waals surface area contributed by atoms with E-state index in [0.717, 1.165) is 6.42 Å². The number of piperidine rings is 1. The lowest BCUT2D eigenvalue weighted by molar-refractivity contribution is -0.136. The van der Waals surface area contributed by atoms with Gasteiger partial charge in [-0.05, 0) is 20.3 Å². The van der Waals surface area contributed by atoms with Crippen LogP contribution in [0.4, 0.5) is 0 Å². The number of amides is 2. The quantitative estimate of drug-likeness (QED) is 0.797. The SMILES string of the molecule is CC(C)N1C[C@H]2CN(C(=O)c3cn(C)cn3)CC[C@@H]2OCC1=O. The van der Waals surface area contributed by atoms with Gasteiger partial charge < -0.3 is 19.1 Å². The number of rotatable bonds is 2. The molecule has 0 spiro atoms. The van der Waals surface area contributed by atoms with Gasteiger partial charge in [0.1, 0.15) is 12.3 Å². The first-order chi connectivity index (χ1) is 11.0. The Morgan fingerprint density at radius 1 is 1.39 bits per heavy atom. The zero-order valence-corrected chi connectivity index (χ0v) is 13.9. The molecule has 2 aliphatic rings. The number of aromatic nitrogens is 2. The van der Waals surface area contributed by atoms with Gasteiger partial charge in [0.25, 0.3) is 5.91 Å². The number of aryl methyl sites for hydroxylation is 1. The molecule has 0 aromatic carbocycles. The number of carbonyl (C=O) groups excluding carboxylic acids is 2. The Morgan fingerprint density at radius 3 is 2.83 bits per heavy atom. The molecule has 0 saturated carbocycles. The Labute approximate surface area is 136 Å². The molecule has 7 nitrogen and oxygen atoms in total. The van der Waals surface area contributed by atoms with Crippen LogP contribution in [-0.2, 0) is 16.6 Å². The molecule has 2 aliphatic heterocycles. The number of ether oxygens (including phenoxy) is 1. The highest BCUT2D eigenvalue weighted by atomic mass is 16.5. The summed E-state index contributed by atoms with van der Waals surface area (Å²) in [5, 5.41) is 0. The zero-order valence-electron chi connectivity index (χ0n) is 13.9. The summed E-state index contributed by atoms with van der Waals surface area (Å²) in [5.41, 5.74) is 0.470. The first-order valence-electron chi connectivity index (χ1n) is 8.14. The van der Waals surface area contributed by atoms with Crippen molar-refractivity contribution in [3.05, 3.63) is 18.2 Å². The van der Waals surface area contributed by atoms with Crippen LogP contribution >= 0.6 is 0 Å². The van der Waals surface area contributed by atoms with E-state index in [1.54, 1.807) is 17.1 Å². The van der Waals surface area contributed by atoms with Crippen molar-refractivity contribution in [3.63, 3.8) is 0 Å². The monoisotopic (exact) mass is 320 g/mol. The molecule has 1 aromatic rings. The second kappa shape index (κ2) is 6.31. The van der Waals surface area contributed by atoms with E-state index in [1.165, 1.54) is 0 Å². The van der Waals surface area contributed by atoms with Gasteiger partial charge in [0.05, 0.1) is 12.4 Å². The molecule has 2 amide bonds. The molecular formula is C16H24N4O3. The molecule has 126 valence electrons. The normalized spacial score (nSPS) is 25.5. The highest BCUT2D eigenvalue weighted by Gasteiger charge is 2.38. The van der Waals surface area contributed by atoms with Crippen molar-refractivity contribution < 1.29 is 14.3 Å². The summed E-state index contributed by atoms with van der Waals surface area (Å²) >= 11 is 0. The molecule has 0 N–H and O–H groups in total. The molecule has 23 heavy (non-hydrogen) atoms. The Kier molecular flexibility index (Phi) is 4.39. The molecule has 3 rings (SSSR count). The number of hydrogen-bond donors (Lipinski definition) is 0. The third-order valence-electron chi connectivity index (χ3n) is 4.67. The number of carbonyl (C=O) groups is 2. The summed E-state index contributed by atoms with van der Waals surface area (Å²) in [6.07, 6.45) is 4.19. The number of hydrogen-bond acceptors (Lipinski definition) is 4. The molecule has 2 saturated heterocycles. The van der Waals surface area contributed by atoms with Crippen LogP contribution < -0.4 is 0 Å². The maximum Gasteiger partial charge on any atom is 0.274 e. The predicted octanol–water partition coefficient (Wildman–Crippen LogP) is 0.518. The highest BCUT2D eigenvalue weighted by molar-refractivity contribution is 5.92. The minimum absolute atomic E-state index is 0.0389. The van der Waals surface area contributed by atoms with E-state index in [1.807, 2.05) is 30.7 Å². The Balaban J connectivity index is 1.72. The van der Waals surface area contributed by atoms with Gasteiger partial charge in [-0.1, -0.05) is 0 Å². The van der Waals surface area contributed by atoms with Gasteiger partial charge in [-0.15, -0.1) is 0 Å². The van der Waals surface area contributed by atoms with Crippen molar-refractivity contribution in [1.82, 2.24) is 19.4 Å². The third-order valence-corrected chi connectivity index (χ3v) is 4.67. The van der Waals surface area contributed by atoms with Gasteiger partial charge >= 0.3 is 0 Å². The average molecular weight is 320 g/mol. The van der Waals surface area contributed by atoms with E-state index >= 15 is 0 Å². The summed E-state index contributed by atoms with van der Waals surface area (Å²) in [7, 11) is 1.85. The highest BCUT2D eigenvalue weighted by Crippen LogP contribution is 2.25. The molecule has 7 heteroatoms. The van der Waals surface area contributed by atoms with Crippen LogP contribution in [0.3, 0.4) is 0 Å². The van der Waals surface area contributed by atoms with Crippen LogP contribution in [0.15, 0.2) is 12.5 Å². The van der Waals surface area contributed by atoms with Crippen molar-refractivity contribution in [2.24, 2.45) is 13.0 Å². The van der Waals surface area contributed by atoms with E-state index in [2.05, 4.69) is 4.98 Å². The van der Waals surface area contributed by atoms with Crippen LogP contribution in [-0.4, -0.2) is 69.6 Å². The largest absolute Gasteiger partial charge is 0.368 e. The lowest BCUT2D eigenvalue weighted by atomic mass is 9.93. The van der Waals surface area contributed by atoms with Crippen molar-refractivity contribution in [2.75, 3.05) is 26.2 Å². The zero-order chi connectivity index (χ0) is 16.6. The maximum atomic E-state index is 12.6. The Morgan fingerprint density at radius 2 is 2.17 bits per heavy atom. The lowest BCUT2D eigenvalue weighted by Crippen LogP contribution is -2.50. The van der Waals surface area contributed by atoms with E-state index in [0.29, 0.717) is 25.3 Å². The number of nitrogens with zero attached hydrogens (tertiary/aromatic N) is 4. The summed E-state index contributed by atoms with van der Waals surface area (Å²) in [6.45, 7) is 6.07. The molecule has 1 aromatic heterocycles. The van der Waals surface area contributed by atoms with E-state index in [9.17, 15) is 9.59 Å². The summed E-state index contributed by atoms with van der Waals surface area (Å²) in [6, 6.07) is 0.145. The van der Waals surface area contributed by atoms with E-state index in [-0.39, 0.29) is 36.5 Å². The van der Waals surface area contributed by atoms with Gasteiger partial charge in [0.15, 0.2) is 0 Å². The summed E-state index contributed by atoms with van der Waals surface area (Å²) < 4.78 is 7.56. The van der Waals surface area contributed by atoms with Crippen LogP contribution in [0.1, 0.15) is 30.8 Å². The second-order valence-corrected chi connectivity index (χ2v) is 6.71. The Bertz CT molecular complexity index is 598. The van der Waals surface area contributed by atoms with E-state index in [4.69, 9.17) is 4.74 Å². The lowest BCUT2D eigenvalue weighted by Gasteiger charge is -2.38. The van der Waals surface area contributed by atoms with Crippen molar-refractivity contribution in [2.45, 2.75) is 32.4 Å². The molecular weight excluding hydrogens is 296 g/mol. The summed E-state index contributed by atoms with van der Waals surface area (Å²) in [5.74, 6) is 0.151. The van der Waals surface area contributed by atoms with Gasteiger partial charge in [0, 0.05) is 44.8 Å². The molecule has 0 bridgehead atoms. The van der Waals surface area contributed by atoms with Crippen LogP contribution in [0.5, 0.6) is 0 Å². The molecule has 0 unspecified atom stereocenters. The third kappa shape index (κ3) is 3.24. The number of fused-ring (bicyclic) bond motifs is 1. The van der Waals surface area contributed by atoms with Crippen LogP contribution in [0.2, 0.25) is 0 Å². The second-order valence-electron chi connectivity index (χ2n) is 6.71. The van der Waals surface area contributed by atoms with Crippen LogP contribution in [0.25, 0.3) is 0 Å². The predicted molar refractivity (Wildman–Crippen MR) is 83.8 cm³/mol. The maximum absolute atomic E-state index is 12.6. The molecule has 0 aliphatic carbocycles. The summed E-state index contributed by atoms with van der Waals surface area (Å²) in [4.78, 5) is 32.6. The fourth-order valence-corrected chi connectivity index (χ4v) is 3.39.